The van der Waals surface area contributed by atoms with E-state index >= 15 is 0 Å². The van der Waals surface area contributed by atoms with Gasteiger partial charge in [0, 0.05) is 17.8 Å². The molecule has 1 heterocycles. The van der Waals surface area contributed by atoms with Gasteiger partial charge in [-0.1, -0.05) is 18.2 Å². The minimum Gasteiger partial charge on any atom is -0.365 e. The average molecular weight is 342 g/mol. The van der Waals surface area contributed by atoms with Crippen molar-refractivity contribution in [2.75, 3.05) is 24.6 Å². The van der Waals surface area contributed by atoms with Gasteiger partial charge in [0.25, 0.3) is 11.8 Å². The van der Waals surface area contributed by atoms with E-state index in [4.69, 9.17) is 4.74 Å². The summed E-state index contributed by atoms with van der Waals surface area (Å²) >= 11 is 0. The first-order valence-corrected chi connectivity index (χ1v) is 8.05. The first-order valence-electron chi connectivity index (χ1n) is 8.05. The third-order valence-corrected chi connectivity index (χ3v) is 4.02. The van der Waals surface area contributed by atoms with Crippen LogP contribution in [-0.2, 0) is 9.53 Å². The molecule has 1 aliphatic rings. The second-order valence-electron chi connectivity index (χ2n) is 6.00. The number of carbonyl (C=O) groups is 2. The maximum Gasteiger partial charge on any atom is 0.253 e. The van der Waals surface area contributed by atoms with Crippen LogP contribution in [0.25, 0.3) is 0 Å². The summed E-state index contributed by atoms with van der Waals surface area (Å²) in [6.45, 7) is 2.52. The summed E-state index contributed by atoms with van der Waals surface area (Å²) in [6, 6.07) is 13.2. The summed E-state index contributed by atoms with van der Waals surface area (Å²) < 4.78 is 18.7. The molecule has 0 bridgehead atoms. The zero-order chi connectivity index (χ0) is 17.8. The van der Waals surface area contributed by atoms with Gasteiger partial charge in [-0.05, 0) is 42.8 Å². The molecule has 3 rings (SSSR count). The molecule has 5 nitrogen and oxygen atoms in total. The standard InChI is InChI=1S/C19H19FN2O3/c1-13-4-2-7-16(8-13)22-11-17(25-12-18(22)23)10-21-19(24)14-5-3-6-15(20)9-14/h2-9,17H,10-12H2,1H3,(H,21,24). The maximum absolute atomic E-state index is 13.2. The van der Waals surface area contributed by atoms with Crippen LogP contribution < -0.4 is 10.2 Å². The average Bonchev–Trinajstić information content (AvgIpc) is 2.60. The van der Waals surface area contributed by atoms with Gasteiger partial charge in [-0.15, -0.1) is 0 Å². The Labute approximate surface area is 145 Å². The zero-order valence-corrected chi connectivity index (χ0v) is 13.9. The van der Waals surface area contributed by atoms with Crippen molar-refractivity contribution in [1.82, 2.24) is 5.32 Å². The number of hydrogen-bond donors (Lipinski definition) is 1. The van der Waals surface area contributed by atoms with Crippen LogP contribution >= 0.6 is 0 Å². The maximum atomic E-state index is 13.2. The lowest BCUT2D eigenvalue weighted by Crippen LogP contribution is -2.50. The van der Waals surface area contributed by atoms with Gasteiger partial charge in [0.2, 0.25) is 0 Å². The van der Waals surface area contributed by atoms with Crippen molar-refractivity contribution in [3.63, 3.8) is 0 Å². The predicted octanol–water partition coefficient (Wildman–Crippen LogP) is 2.30. The van der Waals surface area contributed by atoms with Crippen LogP contribution in [-0.4, -0.2) is 37.6 Å². The molecule has 0 saturated carbocycles. The fourth-order valence-corrected chi connectivity index (χ4v) is 2.73. The topological polar surface area (TPSA) is 58.6 Å². The molecule has 1 N–H and O–H groups in total. The number of anilines is 1. The first-order chi connectivity index (χ1) is 12.0. The number of hydrogen-bond acceptors (Lipinski definition) is 3. The summed E-state index contributed by atoms with van der Waals surface area (Å²) in [5.41, 5.74) is 2.13. The van der Waals surface area contributed by atoms with Gasteiger partial charge in [-0.25, -0.2) is 4.39 Å². The number of benzene rings is 2. The number of nitrogens with one attached hydrogen (secondary N) is 1. The molecule has 130 valence electrons. The van der Waals surface area contributed by atoms with E-state index in [0.717, 1.165) is 11.3 Å². The van der Waals surface area contributed by atoms with Crippen molar-refractivity contribution >= 4 is 17.5 Å². The van der Waals surface area contributed by atoms with E-state index in [0.29, 0.717) is 6.54 Å². The Morgan fingerprint density at radius 2 is 2.08 bits per heavy atom. The van der Waals surface area contributed by atoms with Crippen LogP contribution in [0.3, 0.4) is 0 Å². The lowest BCUT2D eigenvalue weighted by molar-refractivity contribution is -0.129. The number of amides is 2. The molecule has 1 unspecified atom stereocenters. The van der Waals surface area contributed by atoms with Crippen molar-refractivity contribution in [3.05, 3.63) is 65.5 Å². The first kappa shape index (κ1) is 17.1. The molecule has 2 amide bonds. The van der Waals surface area contributed by atoms with Crippen molar-refractivity contribution in [1.29, 1.82) is 0 Å². The van der Waals surface area contributed by atoms with E-state index in [1.54, 1.807) is 11.0 Å². The highest BCUT2D eigenvalue weighted by Crippen LogP contribution is 2.19. The van der Waals surface area contributed by atoms with Gasteiger partial charge < -0.3 is 15.0 Å². The van der Waals surface area contributed by atoms with E-state index in [1.807, 2.05) is 31.2 Å². The Balaban J connectivity index is 1.62. The van der Waals surface area contributed by atoms with Gasteiger partial charge in [0.15, 0.2) is 0 Å². The number of nitrogens with zero attached hydrogens (tertiary/aromatic N) is 1. The van der Waals surface area contributed by atoms with Gasteiger partial charge in [-0.2, -0.15) is 0 Å². The van der Waals surface area contributed by atoms with E-state index in [-0.39, 0.29) is 36.6 Å². The summed E-state index contributed by atoms with van der Waals surface area (Å²) in [5.74, 6) is -0.946. The molecular formula is C19H19FN2O3. The normalized spacial score (nSPS) is 17.4. The van der Waals surface area contributed by atoms with Crippen LogP contribution in [0.2, 0.25) is 0 Å². The quantitative estimate of drug-likeness (QED) is 0.927. The summed E-state index contributed by atoms with van der Waals surface area (Å²) in [4.78, 5) is 25.9. The molecule has 2 aromatic rings. The summed E-state index contributed by atoms with van der Waals surface area (Å²) in [6.07, 6.45) is -0.323. The molecule has 0 aliphatic carbocycles. The number of rotatable bonds is 4. The third kappa shape index (κ3) is 4.22. The van der Waals surface area contributed by atoms with Crippen LogP contribution in [0, 0.1) is 12.7 Å². The van der Waals surface area contributed by atoms with Gasteiger partial charge >= 0.3 is 0 Å². The molecule has 1 atom stereocenters. The van der Waals surface area contributed by atoms with Gasteiger partial charge in [0.05, 0.1) is 12.6 Å². The minimum absolute atomic E-state index is 0.0333. The lowest BCUT2D eigenvalue weighted by atomic mass is 10.1. The number of halogens is 1. The second kappa shape index (κ2) is 7.44. The fraction of sp³-hybridized carbons (Fsp3) is 0.263. The molecular weight excluding hydrogens is 323 g/mol. The molecule has 0 spiro atoms. The SMILES string of the molecule is Cc1cccc(N2CC(CNC(=O)c3cccc(F)c3)OCC2=O)c1. The van der Waals surface area contributed by atoms with Crippen LogP contribution in [0.1, 0.15) is 15.9 Å². The molecule has 2 aromatic carbocycles. The number of ether oxygens (including phenoxy) is 1. The zero-order valence-electron chi connectivity index (χ0n) is 13.9. The van der Waals surface area contributed by atoms with E-state index in [9.17, 15) is 14.0 Å². The van der Waals surface area contributed by atoms with Gasteiger partial charge in [0.1, 0.15) is 12.4 Å². The summed E-state index contributed by atoms with van der Waals surface area (Å²) in [5, 5.41) is 2.73. The Kier molecular flexibility index (Phi) is 5.09. The smallest absolute Gasteiger partial charge is 0.253 e. The Bertz CT molecular complexity index is 794. The van der Waals surface area contributed by atoms with Crippen molar-refractivity contribution in [2.45, 2.75) is 13.0 Å². The van der Waals surface area contributed by atoms with E-state index < -0.39 is 5.82 Å². The second-order valence-corrected chi connectivity index (χ2v) is 6.00. The van der Waals surface area contributed by atoms with Gasteiger partial charge in [-0.3, -0.25) is 9.59 Å². The van der Waals surface area contributed by atoms with E-state index in [2.05, 4.69) is 5.32 Å². The molecule has 1 saturated heterocycles. The number of morpholine rings is 1. The summed E-state index contributed by atoms with van der Waals surface area (Å²) in [7, 11) is 0. The van der Waals surface area contributed by atoms with E-state index in [1.165, 1.54) is 18.2 Å². The predicted molar refractivity (Wildman–Crippen MR) is 92.0 cm³/mol. The molecule has 1 fully saturated rings. The lowest BCUT2D eigenvalue weighted by Gasteiger charge is -2.33. The minimum atomic E-state index is -0.460. The third-order valence-electron chi connectivity index (χ3n) is 4.02. The molecule has 0 aromatic heterocycles. The van der Waals surface area contributed by atoms with Crippen LogP contribution in [0.4, 0.5) is 10.1 Å². The van der Waals surface area contributed by atoms with Crippen molar-refractivity contribution in [2.24, 2.45) is 0 Å². The molecule has 6 heteroatoms. The Morgan fingerprint density at radius 3 is 2.84 bits per heavy atom. The molecule has 1 aliphatic heterocycles. The Morgan fingerprint density at radius 1 is 1.28 bits per heavy atom. The highest BCUT2D eigenvalue weighted by Gasteiger charge is 2.27. The van der Waals surface area contributed by atoms with Crippen LogP contribution in [0.15, 0.2) is 48.5 Å². The number of aryl methyl sites for hydroxylation is 1. The van der Waals surface area contributed by atoms with Crippen molar-refractivity contribution in [3.8, 4) is 0 Å². The molecule has 0 radical (unpaired) electrons. The monoisotopic (exact) mass is 342 g/mol. The fourth-order valence-electron chi connectivity index (χ4n) is 2.73. The highest BCUT2D eigenvalue weighted by atomic mass is 19.1. The van der Waals surface area contributed by atoms with Crippen LogP contribution in [0.5, 0.6) is 0 Å². The van der Waals surface area contributed by atoms with Crippen molar-refractivity contribution < 1.29 is 18.7 Å². The Hall–Kier alpha value is -2.73. The molecule has 25 heavy (non-hydrogen) atoms. The number of carbonyl (C=O) groups excluding carboxylic acids is 2. The highest BCUT2D eigenvalue weighted by molar-refractivity contribution is 5.95. The largest absolute Gasteiger partial charge is 0.365 e.